The number of amides is 1. The molecule has 9 heteroatoms. The van der Waals surface area contributed by atoms with E-state index >= 15 is 0 Å². The second-order valence-corrected chi connectivity index (χ2v) is 8.61. The standard InChI is InChI=1S/C17H11Cl6NO2/c18-11-8-12(19)15(13(20)9-11)26-16(17(21,22)23)24-14(25)7-6-10-4-2-1-3-5-10/h1-9,16H,(H,24,25)/b7-6+/t16-/m1/s1. The molecule has 0 radical (unpaired) electrons. The Morgan fingerprint density at radius 3 is 2.15 bits per heavy atom. The Hall–Kier alpha value is -0.810. The molecule has 0 aromatic heterocycles. The summed E-state index contributed by atoms with van der Waals surface area (Å²) in [5, 5.41) is 2.98. The van der Waals surface area contributed by atoms with Crippen molar-refractivity contribution in [3.05, 3.63) is 69.2 Å². The third-order valence-electron chi connectivity index (χ3n) is 3.00. The lowest BCUT2D eigenvalue weighted by Gasteiger charge is -2.26. The van der Waals surface area contributed by atoms with Gasteiger partial charge in [-0.05, 0) is 23.8 Å². The van der Waals surface area contributed by atoms with Gasteiger partial charge in [0.05, 0.1) is 10.0 Å². The van der Waals surface area contributed by atoms with E-state index in [0.717, 1.165) is 5.56 Å². The number of hydrogen-bond acceptors (Lipinski definition) is 2. The molecule has 1 atom stereocenters. The van der Waals surface area contributed by atoms with Crippen molar-refractivity contribution in [1.29, 1.82) is 0 Å². The number of ether oxygens (including phenoxy) is 1. The van der Waals surface area contributed by atoms with Gasteiger partial charge in [0, 0.05) is 11.1 Å². The molecule has 2 rings (SSSR count). The van der Waals surface area contributed by atoms with E-state index < -0.39 is 15.9 Å². The van der Waals surface area contributed by atoms with E-state index in [4.69, 9.17) is 74.3 Å². The Labute approximate surface area is 180 Å². The first kappa shape index (κ1) is 21.5. The summed E-state index contributed by atoms with van der Waals surface area (Å²) in [4.78, 5) is 12.1. The monoisotopic (exact) mass is 471 g/mol. The van der Waals surface area contributed by atoms with Gasteiger partial charge in [0.1, 0.15) is 0 Å². The van der Waals surface area contributed by atoms with Crippen LogP contribution in [0.1, 0.15) is 5.56 Å². The maximum atomic E-state index is 12.1. The topological polar surface area (TPSA) is 38.3 Å². The van der Waals surface area contributed by atoms with Gasteiger partial charge in [0.25, 0.3) is 0 Å². The van der Waals surface area contributed by atoms with Crippen LogP contribution >= 0.6 is 69.6 Å². The molecule has 1 amide bonds. The predicted octanol–water partition coefficient (Wildman–Crippen LogP) is 6.55. The van der Waals surface area contributed by atoms with Gasteiger partial charge in [-0.1, -0.05) is 99.9 Å². The van der Waals surface area contributed by atoms with Crippen LogP contribution in [0.15, 0.2) is 48.5 Å². The Bertz CT molecular complexity index is 782. The van der Waals surface area contributed by atoms with Crippen LogP contribution in [0.2, 0.25) is 15.1 Å². The number of nitrogens with one attached hydrogen (secondary N) is 1. The Balaban J connectivity index is 2.16. The second kappa shape index (κ2) is 9.41. The van der Waals surface area contributed by atoms with E-state index in [9.17, 15) is 4.79 Å². The third-order valence-corrected chi connectivity index (χ3v) is 4.37. The third kappa shape index (κ3) is 6.41. The van der Waals surface area contributed by atoms with Gasteiger partial charge >= 0.3 is 0 Å². The SMILES string of the molecule is O=C(/C=C/c1ccccc1)N[C@H](Oc1c(Cl)cc(Cl)cc1Cl)C(Cl)(Cl)Cl. The Kier molecular flexibility index (Phi) is 7.77. The van der Waals surface area contributed by atoms with Gasteiger partial charge < -0.3 is 10.1 Å². The van der Waals surface area contributed by atoms with Crippen molar-refractivity contribution in [2.24, 2.45) is 0 Å². The highest BCUT2D eigenvalue weighted by atomic mass is 35.6. The molecule has 0 unspecified atom stereocenters. The molecule has 0 bridgehead atoms. The molecule has 0 aliphatic rings. The van der Waals surface area contributed by atoms with E-state index in [1.807, 2.05) is 30.3 Å². The van der Waals surface area contributed by atoms with Crippen LogP contribution in [0.4, 0.5) is 0 Å². The quantitative estimate of drug-likeness (QED) is 0.303. The van der Waals surface area contributed by atoms with Crippen molar-refractivity contribution in [2.45, 2.75) is 10.0 Å². The molecule has 3 nitrogen and oxygen atoms in total. The van der Waals surface area contributed by atoms with Crippen molar-refractivity contribution < 1.29 is 9.53 Å². The summed E-state index contributed by atoms with van der Waals surface area (Å²) in [7, 11) is 0. The van der Waals surface area contributed by atoms with Crippen molar-refractivity contribution in [1.82, 2.24) is 5.32 Å². The minimum Gasteiger partial charge on any atom is -0.463 e. The van der Waals surface area contributed by atoms with Crippen LogP contribution in [0.25, 0.3) is 6.08 Å². The van der Waals surface area contributed by atoms with Crippen LogP contribution in [-0.4, -0.2) is 15.9 Å². The van der Waals surface area contributed by atoms with E-state index in [2.05, 4.69) is 5.32 Å². The number of alkyl halides is 3. The van der Waals surface area contributed by atoms with E-state index in [1.54, 1.807) is 6.08 Å². The summed E-state index contributed by atoms with van der Waals surface area (Å²) in [6.07, 6.45) is 1.54. The number of carbonyl (C=O) groups excluding carboxylic acids is 1. The number of benzene rings is 2. The van der Waals surface area contributed by atoms with Crippen molar-refractivity contribution in [2.75, 3.05) is 0 Å². The zero-order valence-electron chi connectivity index (χ0n) is 12.9. The maximum Gasteiger partial charge on any atom is 0.246 e. The molecule has 0 fully saturated rings. The van der Waals surface area contributed by atoms with Crippen molar-refractivity contribution >= 4 is 81.6 Å². The molecule has 0 saturated heterocycles. The Morgan fingerprint density at radius 1 is 1.04 bits per heavy atom. The number of rotatable bonds is 5. The van der Waals surface area contributed by atoms with Gasteiger partial charge in [-0.25, -0.2) is 0 Å². The first-order valence-electron chi connectivity index (χ1n) is 7.08. The fourth-order valence-electron chi connectivity index (χ4n) is 1.85. The van der Waals surface area contributed by atoms with Crippen LogP contribution in [0.3, 0.4) is 0 Å². The summed E-state index contributed by atoms with van der Waals surface area (Å²) in [5.41, 5.74) is 0.831. The second-order valence-electron chi connectivity index (χ2n) is 4.99. The lowest BCUT2D eigenvalue weighted by atomic mass is 10.2. The molecule has 2 aromatic carbocycles. The Morgan fingerprint density at radius 2 is 1.62 bits per heavy atom. The van der Waals surface area contributed by atoms with Gasteiger partial charge in [-0.15, -0.1) is 0 Å². The minimum atomic E-state index is -1.98. The first-order chi connectivity index (χ1) is 12.2. The lowest BCUT2D eigenvalue weighted by molar-refractivity contribution is -0.118. The van der Waals surface area contributed by atoms with Crippen molar-refractivity contribution in [3.63, 3.8) is 0 Å². The zero-order valence-corrected chi connectivity index (χ0v) is 17.4. The maximum absolute atomic E-state index is 12.1. The van der Waals surface area contributed by atoms with Gasteiger partial charge in [0.15, 0.2) is 5.75 Å². The first-order valence-corrected chi connectivity index (χ1v) is 9.35. The molecule has 0 saturated carbocycles. The molecule has 138 valence electrons. The lowest BCUT2D eigenvalue weighted by Crippen LogP contribution is -2.47. The van der Waals surface area contributed by atoms with Crippen LogP contribution in [0.5, 0.6) is 5.75 Å². The fourth-order valence-corrected chi connectivity index (χ4v) is 3.05. The van der Waals surface area contributed by atoms with Gasteiger partial charge in [-0.3, -0.25) is 4.79 Å². The predicted molar refractivity (Wildman–Crippen MR) is 110 cm³/mol. The number of carbonyl (C=O) groups is 1. The number of halogens is 6. The van der Waals surface area contributed by atoms with E-state index in [1.165, 1.54) is 18.2 Å². The summed E-state index contributed by atoms with van der Waals surface area (Å²) in [5.74, 6) is -0.507. The highest BCUT2D eigenvalue weighted by Gasteiger charge is 2.36. The minimum absolute atomic E-state index is 0.0291. The molecule has 26 heavy (non-hydrogen) atoms. The molecular formula is C17H11Cl6NO2. The summed E-state index contributed by atoms with van der Waals surface area (Å²) in [6.45, 7) is 0. The highest BCUT2D eigenvalue weighted by molar-refractivity contribution is 6.68. The normalized spacial score (nSPS) is 12.8. The van der Waals surface area contributed by atoms with Crippen LogP contribution in [-0.2, 0) is 4.79 Å². The van der Waals surface area contributed by atoms with Crippen LogP contribution in [0, 0.1) is 0 Å². The molecular weight excluding hydrogens is 463 g/mol. The van der Waals surface area contributed by atoms with E-state index in [0.29, 0.717) is 5.02 Å². The fraction of sp³-hybridized carbons (Fsp3) is 0.118. The summed E-state index contributed by atoms with van der Waals surface area (Å²) < 4.78 is 3.55. The van der Waals surface area contributed by atoms with Gasteiger partial charge in [0.2, 0.25) is 15.9 Å². The molecule has 2 aromatic rings. The molecule has 0 spiro atoms. The van der Waals surface area contributed by atoms with Crippen molar-refractivity contribution in [3.8, 4) is 5.75 Å². The zero-order chi connectivity index (χ0) is 19.3. The molecule has 1 N–H and O–H groups in total. The molecule has 0 aliphatic carbocycles. The smallest absolute Gasteiger partial charge is 0.246 e. The van der Waals surface area contributed by atoms with Gasteiger partial charge in [-0.2, -0.15) is 0 Å². The average Bonchev–Trinajstić information content (AvgIpc) is 2.55. The van der Waals surface area contributed by atoms with E-state index in [-0.39, 0.29) is 15.8 Å². The summed E-state index contributed by atoms with van der Waals surface area (Å²) >= 11 is 35.7. The highest BCUT2D eigenvalue weighted by Crippen LogP contribution is 2.39. The average molecular weight is 474 g/mol. The van der Waals surface area contributed by atoms with Crippen LogP contribution < -0.4 is 10.1 Å². The number of hydrogen-bond donors (Lipinski definition) is 1. The molecule has 0 heterocycles. The largest absolute Gasteiger partial charge is 0.463 e. The summed E-state index contributed by atoms with van der Waals surface area (Å²) in [6, 6.07) is 12.0. The molecule has 0 aliphatic heterocycles.